The number of hydrogen-bond acceptors (Lipinski definition) is 4. The fourth-order valence-electron chi connectivity index (χ4n) is 1.22. The Balaban J connectivity index is 3.93. The van der Waals surface area contributed by atoms with Gasteiger partial charge in [0.1, 0.15) is 0 Å². The molecular formula is C11H25NO2S. The van der Waals surface area contributed by atoms with Crippen LogP contribution in [-0.4, -0.2) is 40.1 Å². The summed E-state index contributed by atoms with van der Waals surface area (Å²) in [6, 6.07) is 0.302. The normalized spacial score (nSPS) is 16.8. The minimum atomic E-state index is -0.645. The van der Waals surface area contributed by atoms with Gasteiger partial charge in [-0.15, -0.1) is 0 Å². The zero-order chi connectivity index (χ0) is 12.1. The van der Waals surface area contributed by atoms with E-state index in [-0.39, 0.29) is 4.75 Å². The molecule has 0 amide bonds. The zero-order valence-corrected chi connectivity index (χ0v) is 11.6. The van der Waals surface area contributed by atoms with Gasteiger partial charge in [-0.05, 0) is 41.7 Å². The predicted octanol–water partition coefficient (Wildman–Crippen LogP) is 2.50. The zero-order valence-electron chi connectivity index (χ0n) is 10.8. The van der Waals surface area contributed by atoms with E-state index >= 15 is 0 Å². The Morgan fingerprint density at radius 3 is 2.33 bits per heavy atom. The third kappa shape index (κ3) is 8.08. The van der Waals surface area contributed by atoms with Gasteiger partial charge in [-0.1, -0.05) is 11.9 Å². The van der Waals surface area contributed by atoms with Gasteiger partial charge in [0.15, 0.2) is 6.29 Å². The molecule has 0 aromatic rings. The summed E-state index contributed by atoms with van der Waals surface area (Å²) in [6.07, 6.45) is 0.000897. The third-order valence-electron chi connectivity index (χ3n) is 1.94. The first-order valence-electron chi connectivity index (χ1n) is 5.48. The van der Waals surface area contributed by atoms with Crippen LogP contribution in [0.3, 0.4) is 0 Å². The fourth-order valence-corrected chi connectivity index (χ4v) is 2.35. The van der Waals surface area contributed by atoms with E-state index in [2.05, 4.69) is 39.0 Å². The average molecular weight is 235 g/mol. The molecule has 1 unspecified atom stereocenters. The number of nitrogens with zero attached hydrogens (tertiary/aromatic N) is 1. The summed E-state index contributed by atoms with van der Waals surface area (Å²) in [5, 5.41) is 9.51. The highest BCUT2D eigenvalue weighted by atomic mass is 32.2. The highest BCUT2D eigenvalue weighted by Crippen LogP contribution is 2.28. The van der Waals surface area contributed by atoms with Gasteiger partial charge in [-0.2, -0.15) is 0 Å². The molecule has 2 atom stereocenters. The SMILES string of the molecule is CCOC(O)C[C@@H](C)N(C)SC(C)(C)C. The lowest BCUT2D eigenvalue weighted by atomic mass is 10.2. The summed E-state index contributed by atoms with van der Waals surface area (Å²) in [7, 11) is 2.05. The fraction of sp³-hybridized carbons (Fsp3) is 1.00. The van der Waals surface area contributed by atoms with Crippen LogP contribution in [0.4, 0.5) is 0 Å². The first kappa shape index (κ1) is 15.2. The number of aliphatic hydroxyl groups excluding tert-OH is 1. The van der Waals surface area contributed by atoms with Crippen LogP contribution in [0, 0.1) is 0 Å². The van der Waals surface area contributed by atoms with E-state index in [1.54, 1.807) is 11.9 Å². The van der Waals surface area contributed by atoms with Crippen molar-refractivity contribution in [2.45, 2.75) is 58.1 Å². The van der Waals surface area contributed by atoms with Crippen LogP contribution < -0.4 is 0 Å². The Bertz CT molecular complexity index is 170. The van der Waals surface area contributed by atoms with Crippen molar-refractivity contribution in [1.29, 1.82) is 0 Å². The van der Waals surface area contributed by atoms with Crippen molar-refractivity contribution in [2.24, 2.45) is 0 Å². The summed E-state index contributed by atoms with van der Waals surface area (Å²) >= 11 is 1.79. The standard InChI is InChI=1S/C11H25NO2S/c1-7-14-10(13)8-9(2)12(6)15-11(3,4)5/h9-10,13H,7-8H2,1-6H3/t9-,10?/m1/s1. The molecule has 15 heavy (non-hydrogen) atoms. The van der Waals surface area contributed by atoms with Gasteiger partial charge in [-0.25, -0.2) is 0 Å². The molecule has 0 saturated heterocycles. The number of aliphatic hydroxyl groups is 1. The smallest absolute Gasteiger partial charge is 0.156 e. The Morgan fingerprint density at radius 1 is 1.40 bits per heavy atom. The van der Waals surface area contributed by atoms with Crippen molar-refractivity contribution in [2.75, 3.05) is 13.7 Å². The van der Waals surface area contributed by atoms with Crippen LogP contribution in [0.15, 0.2) is 0 Å². The van der Waals surface area contributed by atoms with Gasteiger partial charge in [0, 0.05) is 23.8 Å². The van der Waals surface area contributed by atoms with Crippen molar-refractivity contribution < 1.29 is 9.84 Å². The van der Waals surface area contributed by atoms with Crippen LogP contribution in [0.2, 0.25) is 0 Å². The lowest BCUT2D eigenvalue weighted by molar-refractivity contribution is -0.104. The Morgan fingerprint density at radius 2 is 1.93 bits per heavy atom. The summed E-state index contributed by atoms with van der Waals surface area (Å²) in [5.41, 5.74) is 0. The quantitative estimate of drug-likeness (QED) is 0.566. The predicted molar refractivity (Wildman–Crippen MR) is 66.8 cm³/mol. The largest absolute Gasteiger partial charge is 0.368 e. The van der Waals surface area contributed by atoms with Crippen LogP contribution in [-0.2, 0) is 4.74 Å². The molecule has 0 rings (SSSR count). The van der Waals surface area contributed by atoms with E-state index in [1.807, 2.05) is 6.92 Å². The second kappa shape index (κ2) is 6.74. The molecule has 0 heterocycles. The number of hydrogen-bond donors (Lipinski definition) is 1. The van der Waals surface area contributed by atoms with Crippen molar-refractivity contribution >= 4 is 11.9 Å². The van der Waals surface area contributed by atoms with Gasteiger partial charge in [0.2, 0.25) is 0 Å². The van der Waals surface area contributed by atoms with Gasteiger partial charge in [0.05, 0.1) is 0 Å². The molecule has 0 aliphatic heterocycles. The van der Waals surface area contributed by atoms with E-state index in [0.29, 0.717) is 19.1 Å². The summed E-state index contributed by atoms with van der Waals surface area (Å²) in [4.78, 5) is 0. The Labute approximate surface area is 98.3 Å². The molecule has 0 aliphatic carbocycles. The first-order chi connectivity index (χ1) is 6.76. The lowest BCUT2D eigenvalue weighted by Gasteiger charge is -2.31. The van der Waals surface area contributed by atoms with Crippen LogP contribution >= 0.6 is 11.9 Å². The van der Waals surface area contributed by atoms with E-state index < -0.39 is 6.29 Å². The molecule has 0 aromatic carbocycles. The number of rotatable bonds is 6. The monoisotopic (exact) mass is 235 g/mol. The minimum absolute atomic E-state index is 0.208. The molecule has 4 heteroatoms. The maximum Gasteiger partial charge on any atom is 0.156 e. The maximum atomic E-state index is 9.51. The van der Waals surface area contributed by atoms with E-state index in [9.17, 15) is 5.11 Å². The Hall–Kier alpha value is 0.230. The van der Waals surface area contributed by atoms with Crippen molar-refractivity contribution in [1.82, 2.24) is 4.31 Å². The van der Waals surface area contributed by atoms with Crippen molar-refractivity contribution in [3.05, 3.63) is 0 Å². The van der Waals surface area contributed by atoms with Gasteiger partial charge in [0.25, 0.3) is 0 Å². The first-order valence-corrected chi connectivity index (χ1v) is 6.25. The molecule has 92 valence electrons. The maximum absolute atomic E-state index is 9.51. The molecule has 0 spiro atoms. The van der Waals surface area contributed by atoms with Crippen LogP contribution in [0.25, 0.3) is 0 Å². The molecule has 0 aromatic heterocycles. The van der Waals surface area contributed by atoms with Crippen LogP contribution in [0.5, 0.6) is 0 Å². The molecule has 3 nitrogen and oxygen atoms in total. The summed E-state index contributed by atoms with van der Waals surface area (Å²) in [6.45, 7) is 11.1. The molecule has 0 fully saturated rings. The third-order valence-corrected chi connectivity index (χ3v) is 3.14. The van der Waals surface area contributed by atoms with E-state index in [1.165, 1.54) is 0 Å². The van der Waals surface area contributed by atoms with Crippen LogP contribution in [0.1, 0.15) is 41.0 Å². The molecule has 0 radical (unpaired) electrons. The van der Waals surface area contributed by atoms with Gasteiger partial charge in [-0.3, -0.25) is 4.31 Å². The lowest BCUT2D eigenvalue weighted by Crippen LogP contribution is -2.31. The second-order valence-corrected chi connectivity index (χ2v) is 6.73. The molecule has 0 bridgehead atoms. The van der Waals surface area contributed by atoms with Gasteiger partial charge < -0.3 is 9.84 Å². The van der Waals surface area contributed by atoms with E-state index in [4.69, 9.17) is 4.74 Å². The average Bonchev–Trinajstić information content (AvgIpc) is 2.00. The number of ether oxygens (including phenoxy) is 1. The van der Waals surface area contributed by atoms with Gasteiger partial charge >= 0.3 is 0 Å². The minimum Gasteiger partial charge on any atom is -0.368 e. The Kier molecular flexibility index (Phi) is 6.84. The highest BCUT2D eigenvalue weighted by molar-refractivity contribution is 7.98. The van der Waals surface area contributed by atoms with Crippen molar-refractivity contribution in [3.63, 3.8) is 0 Å². The molecule has 0 saturated carbocycles. The molecule has 1 N–H and O–H groups in total. The second-order valence-electron chi connectivity index (χ2n) is 4.74. The highest BCUT2D eigenvalue weighted by Gasteiger charge is 2.20. The van der Waals surface area contributed by atoms with Crippen molar-refractivity contribution in [3.8, 4) is 0 Å². The summed E-state index contributed by atoms with van der Waals surface area (Å²) in [5.74, 6) is 0. The summed E-state index contributed by atoms with van der Waals surface area (Å²) < 4.78 is 7.50. The van der Waals surface area contributed by atoms with E-state index in [0.717, 1.165) is 0 Å². The topological polar surface area (TPSA) is 32.7 Å². The molecule has 0 aliphatic rings. The molecular weight excluding hydrogens is 210 g/mol.